The van der Waals surface area contributed by atoms with Gasteiger partial charge in [-0.25, -0.2) is 0 Å². The van der Waals surface area contributed by atoms with Gasteiger partial charge in [0.1, 0.15) is 0 Å². The zero-order valence-electron chi connectivity index (χ0n) is 12.6. The van der Waals surface area contributed by atoms with E-state index in [1.165, 1.54) is 0 Å². The van der Waals surface area contributed by atoms with Crippen LogP contribution >= 0.6 is 0 Å². The monoisotopic (exact) mass is 307 g/mol. The predicted octanol–water partition coefficient (Wildman–Crippen LogP) is 1.77. The number of hydrogen-bond donors (Lipinski definition) is 1. The van der Waals surface area contributed by atoms with Gasteiger partial charge in [0, 0.05) is 24.5 Å². The summed E-state index contributed by atoms with van der Waals surface area (Å²) in [6.07, 6.45) is 4.08. The lowest BCUT2D eigenvalue weighted by Crippen LogP contribution is -2.41. The molecular formula is C18H17N3O2. The topological polar surface area (TPSA) is 77.2 Å². The van der Waals surface area contributed by atoms with Crippen molar-refractivity contribution in [2.24, 2.45) is 0 Å². The zero-order valence-corrected chi connectivity index (χ0v) is 12.6. The first-order valence-corrected chi connectivity index (χ1v) is 7.57. The molecule has 0 radical (unpaired) electrons. The molecule has 1 aliphatic rings. The molecule has 2 aromatic rings. The van der Waals surface area contributed by atoms with E-state index in [0.29, 0.717) is 30.5 Å². The van der Waals surface area contributed by atoms with E-state index in [1.54, 1.807) is 41.6 Å². The van der Waals surface area contributed by atoms with E-state index in [0.717, 1.165) is 5.56 Å². The predicted molar refractivity (Wildman–Crippen MR) is 84.5 cm³/mol. The number of benzene rings is 1. The SMILES string of the molecule is N#Cc1ccc(C(=O)N2CC[C@@H](O)[C@H]2Cc2ccncc2)cc1. The molecule has 0 saturated carbocycles. The Kier molecular flexibility index (Phi) is 4.35. The molecule has 0 spiro atoms. The summed E-state index contributed by atoms with van der Waals surface area (Å²) in [6, 6.07) is 12.2. The molecule has 1 saturated heterocycles. The van der Waals surface area contributed by atoms with Crippen molar-refractivity contribution >= 4 is 5.91 Å². The molecular weight excluding hydrogens is 290 g/mol. The zero-order chi connectivity index (χ0) is 16.2. The molecule has 0 aliphatic carbocycles. The van der Waals surface area contributed by atoms with Gasteiger partial charge in [0.15, 0.2) is 0 Å². The smallest absolute Gasteiger partial charge is 0.254 e. The fraction of sp³-hybridized carbons (Fsp3) is 0.278. The van der Waals surface area contributed by atoms with Crippen molar-refractivity contribution in [2.75, 3.05) is 6.54 Å². The number of carbonyl (C=O) groups is 1. The van der Waals surface area contributed by atoms with Crippen LogP contribution in [0.5, 0.6) is 0 Å². The molecule has 1 aliphatic heterocycles. The number of pyridine rings is 1. The van der Waals surface area contributed by atoms with Gasteiger partial charge < -0.3 is 10.0 Å². The fourth-order valence-corrected chi connectivity index (χ4v) is 2.95. The van der Waals surface area contributed by atoms with Gasteiger partial charge in [-0.15, -0.1) is 0 Å². The Balaban J connectivity index is 1.79. The third-order valence-corrected chi connectivity index (χ3v) is 4.23. The van der Waals surface area contributed by atoms with E-state index in [2.05, 4.69) is 4.98 Å². The Morgan fingerprint density at radius 1 is 1.26 bits per heavy atom. The molecule has 2 heterocycles. The third kappa shape index (κ3) is 3.22. The van der Waals surface area contributed by atoms with Gasteiger partial charge in [-0.3, -0.25) is 9.78 Å². The normalized spacial score (nSPS) is 20.3. The minimum absolute atomic E-state index is 0.106. The van der Waals surface area contributed by atoms with Crippen molar-refractivity contribution in [1.82, 2.24) is 9.88 Å². The highest BCUT2D eigenvalue weighted by atomic mass is 16.3. The lowest BCUT2D eigenvalue weighted by Gasteiger charge is -2.26. The molecule has 1 fully saturated rings. The average Bonchev–Trinajstić information content (AvgIpc) is 2.96. The van der Waals surface area contributed by atoms with Crippen LogP contribution in [-0.2, 0) is 6.42 Å². The summed E-state index contributed by atoms with van der Waals surface area (Å²) >= 11 is 0. The maximum absolute atomic E-state index is 12.7. The van der Waals surface area contributed by atoms with Crippen LogP contribution in [0.3, 0.4) is 0 Å². The molecule has 1 aromatic carbocycles. The van der Waals surface area contributed by atoms with Crippen molar-refractivity contribution < 1.29 is 9.90 Å². The number of nitriles is 1. The standard InChI is InChI=1S/C18H17N3O2/c19-12-14-1-3-15(4-2-14)18(23)21-10-7-17(22)16(21)11-13-5-8-20-9-6-13/h1-6,8-9,16-17,22H,7,10-11H2/t16-,17-/m1/s1. The maximum atomic E-state index is 12.7. The van der Waals surface area contributed by atoms with Crippen LogP contribution in [0.15, 0.2) is 48.8 Å². The lowest BCUT2D eigenvalue weighted by molar-refractivity contribution is 0.0640. The van der Waals surface area contributed by atoms with Crippen molar-refractivity contribution in [3.8, 4) is 6.07 Å². The molecule has 1 aromatic heterocycles. The number of hydrogen-bond acceptors (Lipinski definition) is 4. The van der Waals surface area contributed by atoms with Crippen molar-refractivity contribution in [3.05, 3.63) is 65.5 Å². The molecule has 2 atom stereocenters. The van der Waals surface area contributed by atoms with Crippen LogP contribution in [0.2, 0.25) is 0 Å². The van der Waals surface area contributed by atoms with Gasteiger partial charge in [-0.05, 0) is 54.8 Å². The molecule has 1 amide bonds. The van der Waals surface area contributed by atoms with E-state index in [9.17, 15) is 9.90 Å². The van der Waals surface area contributed by atoms with E-state index in [1.807, 2.05) is 18.2 Å². The second kappa shape index (κ2) is 6.59. The van der Waals surface area contributed by atoms with Gasteiger partial charge in [-0.2, -0.15) is 5.26 Å². The number of aliphatic hydroxyl groups excluding tert-OH is 1. The Morgan fingerprint density at radius 2 is 1.96 bits per heavy atom. The molecule has 5 heteroatoms. The number of carbonyl (C=O) groups excluding carboxylic acids is 1. The second-order valence-electron chi connectivity index (χ2n) is 5.67. The van der Waals surface area contributed by atoms with E-state index < -0.39 is 6.10 Å². The first kappa shape index (κ1) is 15.2. The van der Waals surface area contributed by atoms with Crippen LogP contribution in [0.25, 0.3) is 0 Å². The molecule has 0 bridgehead atoms. The first-order valence-electron chi connectivity index (χ1n) is 7.57. The number of likely N-dealkylation sites (tertiary alicyclic amines) is 1. The number of aliphatic hydroxyl groups is 1. The molecule has 1 N–H and O–H groups in total. The minimum Gasteiger partial charge on any atom is -0.391 e. The Hall–Kier alpha value is -2.71. The molecule has 23 heavy (non-hydrogen) atoms. The second-order valence-corrected chi connectivity index (χ2v) is 5.67. The number of nitrogens with zero attached hydrogens (tertiary/aromatic N) is 3. The summed E-state index contributed by atoms with van der Waals surface area (Å²) in [5.41, 5.74) is 2.11. The Labute approximate surface area is 134 Å². The molecule has 5 nitrogen and oxygen atoms in total. The largest absolute Gasteiger partial charge is 0.391 e. The summed E-state index contributed by atoms with van der Waals surface area (Å²) in [6.45, 7) is 0.537. The quantitative estimate of drug-likeness (QED) is 0.937. The number of aromatic nitrogens is 1. The van der Waals surface area contributed by atoms with Gasteiger partial charge in [0.2, 0.25) is 0 Å². The van der Waals surface area contributed by atoms with Crippen LogP contribution in [0.4, 0.5) is 0 Å². The molecule has 0 unspecified atom stereocenters. The highest BCUT2D eigenvalue weighted by Gasteiger charge is 2.36. The summed E-state index contributed by atoms with van der Waals surface area (Å²) < 4.78 is 0. The highest BCUT2D eigenvalue weighted by Crippen LogP contribution is 2.24. The average molecular weight is 307 g/mol. The maximum Gasteiger partial charge on any atom is 0.254 e. The minimum atomic E-state index is -0.523. The Bertz CT molecular complexity index is 722. The Morgan fingerprint density at radius 3 is 2.61 bits per heavy atom. The van der Waals surface area contributed by atoms with Crippen LogP contribution in [-0.4, -0.2) is 39.6 Å². The van der Waals surface area contributed by atoms with Crippen LogP contribution in [0, 0.1) is 11.3 Å². The van der Waals surface area contributed by atoms with Gasteiger partial charge >= 0.3 is 0 Å². The highest BCUT2D eigenvalue weighted by molar-refractivity contribution is 5.94. The summed E-state index contributed by atoms with van der Waals surface area (Å²) in [5, 5.41) is 19.1. The van der Waals surface area contributed by atoms with Crippen LogP contribution in [0.1, 0.15) is 27.9 Å². The molecule has 116 valence electrons. The van der Waals surface area contributed by atoms with Crippen molar-refractivity contribution in [1.29, 1.82) is 5.26 Å². The lowest BCUT2D eigenvalue weighted by atomic mass is 10.0. The van der Waals surface area contributed by atoms with Crippen molar-refractivity contribution in [2.45, 2.75) is 25.0 Å². The third-order valence-electron chi connectivity index (χ3n) is 4.23. The summed E-state index contributed by atoms with van der Waals surface area (Å²) in [4.78, 5) is 18.4. The van der Waals surface area contributed by atoms with Gasteiger partial charge in [0.05, 0.1) is 23.8 Å². The van der Waals surface area contributed by atoms with E-state index in [4.69, 9.17) is 5.26 Å². The summed E-state index contributed by atoms with van der Waals surface area (Å²) in [5.74, 6) is -0.106. The number of amides is 1. The summed E-state index contributed by atoms with van der Waals surface area (Å²) in [7, 11) is 0. The van der Waals surface area contributed by atoms with Crippen molar-refractivity contribution in [3.63, 3.8) is 0 Å². The number of rotatable bonds is 3. The first-order chi connectivity index (χ1) is 11.2. The van der Waals surface area contributed by atoms with Gasteiger partial charge in [0.25, 0.3) is 5.91 Å². The van der Waals surface area contributed by atoms with Gasteiger partial charge in [-0.1, -0.05) is 0 Å². The van der Waals surface area contributed by atoms with Crippen LogP contribution < -0.4 is 0 Å². The fourth-order valence-electron chi connectivity index (χ4n) is 2.95. The van der Waals surface area contributed by atoms with E-state index in [-0.39, 0.29) is 11.9 Å². The van der Waals surface area contributed by atoms with E-state index >= 15 is 0 Å². The molecule has 3 rings (SSSR count).